The van der Waals surface area contributed by atoms with Gasteiger partial charge in [-0.2, -0.15) is 23.1 Å². The zero-order chi connectivity index (χ0) is 14.9. The Morgan fingerprint density at radius 1 is 1.10 bits per heavy atom. The maximum atomic E-state index is 12.7. The molecule has 0 atom stereocenters. The van der Waals surface area contributed by atoms with E-state index in [0.717, 1.165) is 12.1 Å². The molecular weight excluding hydrogens is 339 g/mol. The van der Waals surface area contributed by atoms with E-state index in [1.165, 1.54) is 12.1 Å². The van der Waals surface area contributed by atoms with Crippen molar-refractivity contribution in [2.24, 2.45) is 0 Å². The highest BCUT2D eigenvalue weighted by Gasteiger charge is 2.30. The average molecular weight is 348 g/mol. The number of alkyl halides is 3. The number of nitrogens with zero attached hydrogens (tertiary/aromatic N) is 2. The van der Waals surface area contributed by atoms with Crippen LogP contribution >= 0.6 is 15.9 Å². The number of nitrogens with one attached hydrogen (secondary N) is 1. The van der Waals surface area contributed by atoms with Crippen LogP contribution in [-0.2, 0) is 6.18 Å². The molecule has 0 fully saturated rings. The van der Waals surface area contributed by atoms with E-state index in [9.17, 15) is 13.2 Å². The monoisotopic (exact) mass is 347 g/mol. The lowest BCUT2D eigenvalue weighted by Crippen LogP contribution is -2.07. The van der Waals surface area contributed by atoms with Crippen LogP contribution < -0.4 is 16.8 Å². The summed E-state index contributed by atoms with van der Waals surface area (Å²) in [6.07, 6.45) is -4.43. The lowest BCUT2D eigenvalue weighted by molar-refractivity contribution is -0.137. The molecule has 2 aromatic rings. The van der Waals surface area contributed by atoms with E-state index in [0.29, 0.717) is 4.47 Å². The topological polar surface area (TPSA) is 89.8 Å². The van der Waals surface area contributed by atoms with E-state index >= 15 is 0 Å². The Kier molecular flexibility index (Phi) is 3.71. The van der Waals surface area contributed by atoms with E-state index in [-0.39, 0.29) is 23.3 Å². The third-order valence-electron chi connectivity index (χ3n) is 2.32. The summed E-state index contributed by atoms with van der Waals surface area (Å²) in [6.45, 7) is 0. The zero-order valence-corrected chi connectivity index (χ0v) is 11.5. The number of anilines is 4. The minimum Gasteiger partial charge on any atom is -0.383 e. The molecule has 0 radical (unpaired) electrons. The van der Waals surface area contributed by atoms with E-state index in [2.05, 4.69) is 31.2 Å². The molecule has 1 heterocycles. The molecule has 0 aliphatic heterocycles. The molecule has 1 aromatic carbocycles. The summed E-state index contributed by atoms with van der Waals surface area (Å²) in [7, 11) is 0. The molecule has 20 heavy (non-hydrogen) atoms. The van der Waals surface area contributed by atoms with Gasteiger partial charge in [0.1, 0.15) is 11.6 Å². The van der Waals surface area contributed by atoms with Crippen molar-refractivity contribution in [1.29, 1.82) is 0 Å². The van der Waals surface area contributed by atoms with Gasteiger partial charge < -0.3 is 16.8 Å². The molecule has 9 heteroatoms. The van der Waals surface area contributed by atoms with Gasteiger partial charge in [0, 0.05) is 10.5 Å². The first kappa shape index (κ1) is 14.4. The molecule has 0 aliphatic rings. The van der Waals surface area contributed by atoms with Crippen molar-refractivity contribution in [2.75, 3.05) is 16.8 Å². The predicted molar refractivity (Wildman–Crippen MR) is 73.3 cm³/mol. The number of benzene rings is 1. The van der Waals surface area contributed by atoms with Crippen molar-refractivity contribution in [3.63, 3.8) is 0 Å². The summed E-state index contributed by atoms with van der Waals surface area (Å²) in [5, 5.41) is 2.71. The fraction of sp³-hybridized carbons (Fsp3) is 0.0909. The van der Waals surface area contributed by atoms with Crippen molar-refractivity contribution in [3.8, 4) is 0 Å². The normalized spacial score (nSPS) is 11.4. The van der Waals surface area contributed by atoms with Crippen molar-refractivity contribution >= 4 is 39.2 Å². The number of nitrogens with two attached hydrogens (primary N) is 2. The summed E-state index contributed by atoms with van der Waals surface area (Å²) in [4.78, 5) is 7.50. The molecule has 0 aliphatic carbocycles. The summed E-state index contributed by atoms with van der Waals surface area (Å²) in [6, 6.07) is 4.58. The largest absolute Gasteiger partial charge is 0.416 e. The van der Waals surface area contributed by atoms with Crippen LogP contribution in [0, 0.1) is 0 Å². The number of nitrogen functional groups attached to an aromatic ring is 2. The van der Waals surface area contributed by atoms with Gasteiger partial charge in [-0.25, -0.2) is 0 Å². The highest BCUT2D eigenvalue weighted by Crippen LogP contribution is 2.35. The Bertz CT molecular complexity index is 624. The molecule has 2 rings (SSSR count). The number of hydrogen-bond acceptors (Lipinski definition) is 5. The highest BCUT2D eigenvalue weighted by molar-refractivity contribution is 9.10. The molecule has 0 unspecified atom stereocenters. The van der Waals surface area contributed by atoms with Gasteiger partial charge in [0.05, 0.1) is 11.3 Å². The second-order valence-corrected chi connectivity index (χ2v) is 4.71. The molecule has 0 saturated heterocycles. The maximum Gasteiger partial charge on any atom is 0.416 e. The maximum absolute atomic E-state index is 12.7. The number of rotatable bonds is 2. The molecule has 0 bridgehead atoms. The number of aromatic nitrogens is 2. The fourth-order valence-electron chi connectivity index (χ4n) is 1.48. The predicted octanol–water partition coefficient (Wildman–Crippen LogP) is 3.17. The SMILES string of the molecule is Nc1cc(Nc2cc(C(F)(F)F)ccc2Br)nc(N)n1. The van der Waals surface area contributed by atoms with Gasteiger partial charge in [0.2, 0.25) is 5.95 Å². The van der Waals surface area contributed by atoms with Gasteiger partial charge in [-0.05, 0) is 34.1 Å². The van der Waals surface area contributed by atoms with Crippen molar-refractivity contribution < 1.29 is 13.2 Å². The molecule has 106 valence electrons. The second-order valence-electron chi connectivity index (χ2n) is 3.85. The van der Waals surface area contributed by atoms with Gasteiger partial charge in [-0.1, -0.05) is 0 Å². The Balaban J connectivity index is 2.37. The van der Waals surface area contributed by atoms with Crippen LogP contribution in [0.2, 0.25) is 0 Å². The Morgan fingerprint density at radius 2 is 1.80 bits per heavy atom. The lowest BCUT2D eigenvalue weighted by Gasteiger charge is -2.12. The molecular formula is C11H9BrF3N5. The van der Waals surface area contributed by atoms with Crippen molar-refractivity contribution in [2.45, 2.75) is 6.18 Å². The van der Waals surface area contributed by atoms with Crippen molar-refractivity contribution in [1.82, 2.24) is 9.97 Å². The number of hydrogen-bond donors (Lipinski definition) is 3. The van der Waals surface area contributed by atoms with Gasteiger partial charge >= 0.3 is 6.18 Å². The van der Waals surface area contributed by atoms with Crippen LogP contribution in [0.3, 0.4) is 0 Å². The van der Waals surface area contributed by atoms with Crippen molar-refractivity contribution in [3.05, 3.63) is 34.3 Å². The van der Waals surface area contributed by atoms with Crippen LogP contribution in [0.15, 0.2) is 28.7 Å². The Hall–Kier alpha value is -2.03. The first-order chi connectivity index (χ1) is 9.25. The van der Waals surface area contributed by atoms with E-state index in [4.69, 9.17) is 11.5 Å². The van der Waals surface area contributed by atoms with Crippen LogP contribution in [0.1, 0.15) is 5.56 Å². The van der Waals surface area contributed by atoms with Gasteiger partial charge in [-0.15, -0.1) is 0 Å². The average Bonchev–Trinajstić information content (AvgIpc) is 2.29. The van der Waals surface area contributed by atoms with Gasteiger partial charge in [-0.3, -0.25) is 0 Å². The molecule has 5 N–H and O–H groups in total. The Morgan fingerprint density at radius 3 is 2.40 bits per heavy atom. The quantitative estimate of drug-likeness (QED) is 0.776. The molecule has 5 nitrogen and oxygen atoms in total. The fourth-order valence-corrected chi connectivity index (χ4v) is 1.83. The smallest absolute Gasteiger partial charge is 0.383 e. The molecule has 0 amide bonds. The van der Waals surface area contributed by atoms with Crippen LogP contribution in [0.4, 0.5) is 36.4 Å². The number of halogens is 4. The minimum atomic E-state index is -4.43. The Labute approximate surface area is 120 Å². The lowest BCUT2D eigenvalue weighted by atomic mass is 10.2. The third-order valence-corrected chi connectivity index (χ3v) is 3.01. The van der Waals surface area contributed by atoms with Gasteiger partial charge in [0.15, 0.2) is 0 Å². The minimum absolute atomic E-state index is 0.0735. The second kappa shape index (κ2) is 5.16. The van der Waals surface area contributed by atoms with E-state index < -0.39 is 11.7 Å². The van der Waals surface area contributed by atoms with Crippen LogP contribution in [0.5, 0.6) is 0 Å². The third kappa shape index (κ3) is 3.29. The summed E-state index contributed by atoms with van der Waals surface area (Å²) in [5.41, 5.74) is 10.3. The van der Waals surface area contributed by atoms with Crippen LogP contribution in [-0.4, -0.2) is 9.97 Å². The summed E-state index contributed by atoms with van der Waals surface area (Å²) >= 11 is 3.16. The van der Waals surface area contributed by atoms with E-state index in [1.807, 2.05) is 0 Å². The first-order valence-electron chi connectivity index (χ1n) is 5.29. The molecule has 1 aromatic heterocycles. The highest BCUT2D eigenvalue weighted by atomic mass is 79.9. The zero-order valence-electron chi connectivity index (χ0n) is 9.87. The standard InChI is InChI=1S/C11H9BrF3N5/c12-6-2-1-5(11(13,14)15)3-7(6)18-9-4-8(16)19-10(17)20-9/h1-4H,(H5,16,17,18,19,20). The van der Waals surface area contributed by atoms with Gasteiger partial charge in [0.25, 0.3) is 0 Å². The summed E-state index contributed by atoms with van der Waals surface area (Å²) in [5.74, 6) is 0.244. The van der Waals surface area contributed by atoms with E-state index in [1.54, 1.807) is 0 Å². The first-order valence-corrected chi connectivity index (χ1v) is 6.09. The molecule has 0 spiro atoms. The summed E-state index contributed by atoms with van der Waals surface area (Å²) < 4.78 is 38.4. The molecule has 0 saturated carbocycles. The van der Waals surface area contributed by atoms with Crippen LogP contribution in [0.25, 0.3) is 0 Å².